The molecule has 1 N–H and O–H groups in total. The molecule has 9 heteroatoms. The van der Waals surface area contributed by atoms with Gasteiger partial charge in [0.25, 0.3) is 5.91 Å². The highest BCUT2D eigenvalue weighted by Gasteiger charge is 2.09. The molecule has 0 aliphatic heterocycles. The minimum atomic E-state index is -0.353. The van der Waals surface area contributed by atoms with Crippen molar-refractivity contribution >= 4 is 11.6 Å². The molecule has 0 atom stereocenters. The molecule has 3 rings (SSSR count). The standard InChI is InChI=1S/C15H15N7O2/c1-10-11(2)22(9-20-10)14-18-6-12(7-19-14)21-13(23)8-24-15-16-4-3-5-17-15/h3-7,9H,8H2,1-2H3,(H,21,23). The van der Waals surface area contributed by atoms with Gasteiger partial charge in [0.2, 0.25) is 5.95 Å². The highest BCUT2D eigenvalue weighted by Crippen LogP contribution is 2.11. The second-order valence-corrected chi connectivity index (χ2v) is 4.93. The normalized spacial score (nSPS) is 10.4. The minimum absolute atomic E-state index is 0.144. The van der Waals surface area contributed by atoms with Crippen LogP contribution in [0.4, 0.5) is 5.69 Å². The number of carbonyl (C=O) groups excluding carboxylic acids is 1. The molecule has 0 bridgehead atoms. The Balaban J connectivity index is 1.60. The largest absolute Gasteiger partial charge is 0.453 e. The number of amides is 1. The molecular formula is C15H15N7O2. The number of nitrogens with zero attached hydrogens (tertiary/aromatic N) is 6. The minimum Gasteiger partial charge on any atom is -0.453 e. The van der Waals surface area contributed by atoms with Crippen LogP contribution in [0.5, 0.6) is 6.01 Å². The van der Waals surface area contributed by atoms with E-state index in [4.69, 9.17) is 4.74 Å². The predicted molar refractivity (Wildman–Crippen MR) is 84.8 cm³/mol. The van der Waals surface area contributed by atoms with E-state index in [9.17, 15) is 4.79 Å². The summed E-state index contributed by atoms with van der Waals surface area (Å²) in [7, 11) is 0. The maximum absolute atomic E-state index is 11.8. The Labute approximate surface area is 137 Å². The molecule has 3 aromatic rings. The molecule has 0 aromatic carbocycles. The molecule has 0 aliphatic carbocycles. The topological polar surface area (TPSA) is 108 Å². The SMILES string of the molecule is Cc1ncn(-c2ncc(NC(=O)COc3ncccn3)cn2)c1C. The van der Waals surface area contributed by atoms with Crippen molar-refractivity contribution in [1.82, 2.24) is 29.5 Å². The summed E-state index contributed by atoms with van der Waals surface area (Å²) in [6.45, 7) is 3.65. The van der Waals surface area contributed by atoms with E-state index in [1.54, 1.807) is 17.0 Å². The van der Waals surface area contributed by atoms with Crippen LogP contribution in [0.15, 0.2) is 37.2 Å². The number of ether oxygens (including phenoxy) is 1. The van der Waals surface area contributed by atoms with Crippen molar-refractivity contribution in [2.45, 2.75) is 13.8 Å². The van der Waals surface area contributed by atoms with Gasteiger partial charge in [0.15, 0.2) is 6.61 Å². The van der Waals surface area contributed by atoms with Crippen LogP contribution in [-0.4, -0.2) is 42.0 Å². The van der Waals surface area contributed by atoms with E-state index in [1.807, 2.05) is 13.8 Å². The number of carbonyl (C=O) groups is 1. The zero-order valence-electron chi connectivity index (χ0n) is 13.2. The van der Waals surface area contributed by atoms with E-state index in [1.165, 1.54) is 24.8 Å². The summed E-state index contributed by atoms with van der Waals surface area (Å²) in [5.41, 5.74) is 2.34. The second-order valence-electron chi connectivity index (χ2n) is 4.93. The molecule has 0 saturated heterocycles. The van der Waals surface area contributed by atoms with E-state index in [-0.39, 0.29) is 18.5 Å². The van der Waals surface area contributed by atoms with Crippen LogP contribution in [0, 0.1) is 13.8 Å². The van der Waals surface area contributed by atoms with Gasteiger partial charge in [-0.2, -0.15) is 0 Å². The lowest BCUT2D eigenvalue weighted by Gasteiger charge is -2.07. The summed E-state index contributed by atoms with van der Waals surface area (Å²) < 4.78 is 6.94. The lowest BCUT2D eigenvalue weighted by atomic mass is 10.4. The van der Waals surface area contributed by atoms with Gasteiger partial charge in [0, 0.05) is 18.1 Å². The van der Waals surface area contributed by atoms with Crippen molar-refractivity contribution in [3.8, 4) is 12.0 Å². The fourth-order valence-electron chi connectivity index (χ4n) is 1.90. The van der Waals surface area contributed by atoms with Crippen molar-refractivity contribution in [2.24, 2.45) is 0 Å². The van der Waals surface area contributed by atoms with Gasteiger partial charge >= 0.3 is 6.01 Å². The average molecular weight is 325 g/mol. The maximum atomic E-state index is 11.8. The van der Waals surface area contributed by atoms with E-state index < -0.39 is 0 Å². The van der Waals surface area contributed by atoms with Crippen LogP contribution in [0.2, 0.25) is 0 Å². The Morgan fingerprint density at radius 3 is 2.46 bits per heavy atom. The van der Waals surface area contributed by atoms with Crippen LogP contribution < -0.4 is 10.1 Å². The summed E-state index contributed by atoms with van der Waals surface area (Å²) in [4.78, 5) is 32.2. The third-order valence-electron chi connectivity index (χ3n) is 3.26. The number of hydrogen-bond donors (Lipinski definition) is 1. The zero-order chi connectivity index (χ0) is 16.9. The molecule has 3 aromatic heterocycles. The summed E-state index contributed by atoms with van der Waals surface area (Å²) in [6.07, 6.45) is 7.77. The molecule has 1 amide bonds. The quantitative estimate of drug-likeness (QED) is 0.748. The molecule has 0 aliphatic rings. The number of nitrogens with one attached hydrogen (secondary N) is 1. The predicted octanol–water partition coefficient (Wildman–Crippen LogP) is 1.09. The first-order valence-electron chi connectivity index (χ1n) is 7.16. The molecule has 0 spiro atoms. The first-order valence-corrected chi connectivity index (χ1v) is 7.16. The molecule has 0 radical (unpaired) electrons. The number of aromatic nitrogens is 6. The van der Waals surface area contributed by atoms with Gasteiger partial charge in [-0.25, -0.2) is 24.9 Å². The molecule has 0 unspecified atom stereocenters. The van der Waals surface area contributed by atoms with Gasteiger partial charge in [-0.3, -0.25) is 9.36 Å². The van der Waals surface area contributed by atoms with Crippen LogP contribution in [0.3, 0.4) is 0 Å². The van der Waals surface area contributed by atoms with E-state index in [0.717, 1.165) is 11.4 Å². The molecular weight excluding hydrogens is 310 g/mol. The molecule has 3 heterocycles. The summed E-state index contributed by atoms with van der Waals surface area (Å²) >= 11 is 0. The maximum Gasteiger partial charge on any atom is 0.316 e. The van der Waals surface area contributed by atoms with Crippen LogP contribution in [0.25, 0.3) is 5.95 Å². The molecule has 0 fully saturated rings. The fraction of sp³-hybridized carbons (Fsp3) is 0.200. The molecule has 24 heavy (non-hydrogen) atoms. The van der Waals surface area contributed by atoms with E-state index >= 15 is 0 Å². The highest BCUT2D eigenvalue weighted by atomic mass is 16.5. The van der Waals surface area contributed by atoms with Crippen molar-refractivity contribution < 1.29 is 9.53 Å². The fourth-order valence-corrected chi connectivity index (χ4v) is 1.90. The van der Waals surface area contributed by atoms with E-state index in [2.05, 4.69) is 30.2 Å². The van der Waals surface area contributed by atoms with Crippen molar-refractivity contribution in [2.75, 3.05) is 11.9 Å². The molecule has 122 valence electrons. The number of hydrogen-bond acceptors (Lipinski definition) is 7. The Morgan fingerprint density at radius 1 is 1.12 bits per heavy atom. The first-order chi connectivity index (χ1) is 11.6. The Kier molecular flexibility index (Phi) is 4.41. The lowest BCUT2D eigenvalue weighted by molar-refractivity contribution is -0.118. The second kappa shape index (κ2) is 6.82. The number of rotatable bonds is 5. The number of aryl methyl sites for hydroxylation is 1. The lowest BCUT2D eigenvalue weighted by Crippen LogP contribution is -2.21. The number of imidazole rings is 1. The first kappa shape index (κ1) is 15.5. The molecule has 9 nitrogen and oxygen atoms in total. The summed E-state index contributed by atoms with van der Waals surface area (Å²) in [6, 6.07) is 1.81. The summed E-state index contributed by atoms with van der Waals surface area (Å²) in [5, 5.41) is 2.64. The number of anilines is 1. The average Bonchev–Trinajstić information content (AvgIpc) is 2.94. The van der Waals surface area contributed by atoms with Gasteiger partial charge in [-0.15, -0.1) is 0 Å². The summed E-state index contributed by atoms with van der Waals surface area (Å²) in [5.74, 6) is 0.133. The third-order valence-corrected chi connectivity index (χ3v) is 3.26. The Morgan fingerprint density at radius 2 is 1.83 bits per heavy atom. The van der Waals surface area contributed by atoms with Gasteiger partial charge in [0.1, 0.15) is 6.33 Å². The van der Waals surface area contributed by atoms with Crippen molar-refractivity contribution in [3.05, 3.63) is 48.6 Å². The zero-order valence-corrected chi connectivity index (χ0v) is 13.2. The Bertz CT molecular complexity index is 831. The van der Waals surface area contributed by atoms with Gasteiger partial charge in [0.05, 0.1) is 23.8 Å². The third kappa shape index (κ3) is 3.51. The van der Waals surface area contributed by atoms with Crippen LogP contribution in [0.1, 0.15) is 11.4 Å². The smallest absolute Gasteiger partial charge is 0.316 e. The monoisotopic (exact) mass is 325 g/mol. The van der Waals surface area contributed by atoms with Gasteiger partial charge < -0.3 is 10.1 Å². The van der Waals surface area contributed by atoms with Crippen molar-refractivity contribution in [1.29, 1.82) is 0 Å². The van der Waals surface area contributed by atoms with Crippen molar-refractivity contribution in [3.63, 3.8) is 0 Å². The molecule has 0 saturated carbocycles. The van der Waals surface area contributed by atoms with Crippen LogP contribution in [-0.2, 0) is 4.79 Å². The Hall–Kier alpha value is -3.36. The van der Waals surface area contributed by atoms with Gasteiger partial charge in [-0.05, 0) is 19.9 Å². The van der Waals surface area contributed by atoms with Gasteiger partial charge in [-0.1, -0.05) is 0 Å². The highest BCUT2D eigenvalue weighted by molar-refractivity contribution is 5.91. The van der Waals surface area contributed by atoms with Crippen LogP contribution >= 0.6 is 0 Å². The van der Waals surface area contributed by atoms with E-state index in [0.29, 0.717) is 11.6 Å².